The number of carbonyl (C=O) groups is 2. The largest absolute Gasteiger partial charge is 0.464 e. The van der Waals surface area contributed by atoms with E-state index in [0.29, 0.717) is 6.61 Å². The van der Waals surface area contributed by atoms with E-state index < -0.39 is 12.0 Å². The minimum Gasteiger partial charge on any atom is -0.464 e. The zero-order chi connectivity index (χ0) is 11.0. The van der Waals surface area contributed by atoms with Gasteiger partial charge in [-0.1, -0.05) is 0 Å². The van der Waals surface area contributed by atoms with E-state index in [-0.39, 0.29) is 12.3 Å². The average molecular weight is 197 g/mol. The SMILES string of the molecule is CC#CCC(NC(C)=O)C(=O)OCC. The molecule has 0 radical (unpaired) electrons. The molecule has 0 heterocycles. The van der Waals surface area contributed by atoms with Crippen molar-refractivity contribution in [3.8, 4) is 11.8 Å². The number of amides is 1. The molecule has 1 amide bonds. The number of rotatable bonds is 4. The molecule has 0 aromatic rings. The summed E-state index contributed by atoms with van der Waals surface area (Å²) in [6, 6.07) is -0.653. The maximum absolute atomic E-state index is 11.3. The van der Waals surface area contributed by atoms with Crippen molar-refractivity contribution in [3.63, 3.8) is 0 Å². The Bertz CT molecular complexity index is 262. The van der Waals surface area contributed by atoms with Crippen LogP contribution in [-0.4, -0.2) is 24.5 Å². The first-order valence-electron chi connectivity index (χ1n) is 4.45. The highest BCUT2D eigenvalue weighted by atomic mass is 16.5. The molecule has 0 aliphatic rings. The van der Waals surface area contributed by atoms with Gasteiger partial charge in [0.25, 0.3) is 0 Å². The Labute approximate surface area is 84.0 Å². The fraction of sp³-hybridized carbons (Fsp3) is 0.600. The molecular weight excluding hydrogens is 182 g/mol. The highest BCUT2D eigenvalue weighted by Gasteiger charge is 2.18. The summed E-state index contributed by atoms with van der Waals surface area (Å²) < 4.78 is 4.78. The molecule has 0 rings (SSSR count). The van der Waals surface area contributed by atoms with Crippen molar-refractivity contribution in [1.82, 2.24) is 5.32 Å². The first-order chi connectivity index (χ1) is 6.61. The summed E-state index contributed by atoms with van der Waals surface area (Å²) in [6.07, 6.45) is 0.287. The second kappa shape index (κ2) is 6.96. The summed E-state index contributed by atoms with van der Waals surface area (Å²) in [4.78, 5) is 22.0. The van der Waals surface area contributed by atoms with E-state index in [1.165, 1.54) is 6.92 Å². The molecule has 4 heteroatoms. The van der Waals surface area contributed by atoms with E-state index in [2.05, 4.69) is 17.2 Å². The Morgan fingerprint density at radius 1 is 1.50 bits per heavy atom. The minimum absolute atomic E-state index is 0.263. The lowest BCUT2D eigenvalue weighted by Crippen LogP contribution is -2.40. The zero-order valence-corrected chi connectivity index (χ0v) is 8.72. The molecule has 78 valence electrons. The van der Waals surface area contributed by atoms with E-state index in [1.54, 1.807) is 13.8 Å². The van der Waals surface area contributed by atoms with Gasteiger partial charge >= 0.3 is 5.97 Å². The lowest BCUT2D eigenvalue weighted by molar-refractivity contribution is -0.147. The lowest BCUT2D eigenvalue weighted by Gasteiger charge is -2.13. The summed E-state index contributed by atoms with van der Waals surface area (Å²) in [6.45, 7) is 5.05. The van der Waals surface area contributed by atoms with Gasteiger partial charge in [0.2, 0.25) is 5.91 Å². The number of ether oxygens (including phenoxy) is 1. The molecule has 14 heavy (non-hydrogen) atoms. The molecule has 0 saturated carbocycles. The molecule has 0 saturated heterocycles. The summed E-state index contributed by atoms with van der Waals surface area (Å²) in [7, 11) is 0. The van der Waals surface area contributed by atoms with Crippen LogP contribution in [0.15, 0.2) is 0 Å². The predicted molar refractivity (Wildman–Crippen MR) is 52.3 cm³/mol. The third kappa shape index (κ3) is 5.20. The van der Waals surface area contributed by atoms with Crippen LogP contribution < -0.4 is 5.32 Å². The number of hydrogen-bond acceptors (Lipinski definition) is 3. The summed E-state index contributed by atoms with van der Waals surface area (Å²) in [5, 5.41) is 2.48. The Morgan fingerprint density at radius 3 is 2.57 bits per heavy atom. The van der Waals surface area contributed by atoms with Crippen molar-refractivity contribution in [1.29, 1.82) is 0 Å². The highest BCUT2D eigenvalue weighted by molar-refractivity contribution is 5.83. The second-order valence-electron chi connectivity index (χ2n) is 2.64. The standard InChI is InChI=1S/C10H15NO3/c1-4-6-7-9(11-8(3)12)10(13)14-5-2/h9H,5,7H2,1-3H3,(H,11,12). The quantitative estimate of drug-likeness (QED) is 0.526. The molecule has 0 bridgehead atoms. The Morgan fingerprint density at radius 2 is 2.14 bits per heavy atom. The molecule has 1 N–H and O–H groups in total. The van der Waals surface area contributed by atoms with Crippen molar-refractivity contribution in [2.45, 2.75) is 33.2 Å². The molecule has 1 unspecified atom stereocenters. The van der Waals surface area contributed by atoms with Gasteiger partial charge in [0, 0.05) is 13.3 Å². The Balaban J connectivity index is 4.26. The van der Waals surface area contributed by atoms with E-state index in [1.807, 2.05) is 0 Å². The van der Waals surface area contributed by atoms with Crippen LogP contribution in [0.3, 0.4) is 0 Å². The van der Waals surface area contributed by atoms with Crippen LogP contribution in [0, 0.1) is 11.8 Å². The zero-order valence-electron chi connectivity index (χ0n) is 8.72. The Kier molecular flexibility index (Phi) is 6.21. The maximum Gasteiger partial charge on any atom is 0.329 e. The third-order valence-electron chi connectivity index (χ3n) is 1.43. The first kappa shape index (κ1) is 12.5. The van der Waals surface area contributed by atoms with Gasteiger partial charge in [-0.25, -0.2) is 4.79 Å². The van der Waals surface area contributed by atoms with Crippen LogP contribution in [0.5, 0.6) is 0 Å². The number of nitrogens with one attached hydrogen (secondary N) is 1. The van der Waals surface area contributed by atoms with Gasteiger partial charge in [-0.3, -0.25) is 4.79 Å². The van der Waals surface area contributed by atoms with Gasteiger partial charge in [-0.05, 0) is 13.8 Å². The lowest BCUT2D eigenvalue weighted by atomic mass is 10.2. The predicted octanol–water partition coefficient (Wildman–Crippen LogP) is 0.468. The number of carbonyl (C=O) groups excluding carboxylic acids is 2. The van der Waals surface area contributed by atoms with E-state index in [4.69, 9.17) is 4.74 Å². The molecule has 0 aliphatic heterocycles. The van der Waals surface area contributed by atoms with Crippen molar-refractivity contribution in [2.24, 2.45) is 0 Å². The third-order valence-corrected chi connectivity index (χ3v) is 1.43. The van der Waals surface area contributed by atoms with Crippen molar-refractivity contribution in [2.75, 3.05) is 6.61 Å². The molecule has 4 nitrogen and oxygen atoms in total. The summed E-state index contributed by atoms with van der Waals surface area (Å²) in [5.41, 5.74) is 0. The molecular formula is C10H15NO3. The van der Waals surface area contributed by atoms with Crippen LogP contribution in [0.4, 0.5) is 0 Å². The topological polar surface area (TPSA) is 55.4 Å². The first-order valence-corrected chi connectivity index (χ1v) is 4.45. The van der Waals surface area contributed by atoms with Gasteiger partial charge in [0.1, 0.15) is 6.04 Å². The molecule has 0 aromatic carbocycles. The molecule has 1 atom stereocenters. The number of esters is 1. The van der Waals surface area contributed by atoms with E-state index in [0.717, 1.165) is 0 Å². The van der Waals surface area contributed by atoms with Crippen molar-refractivity contribution in [3.05, 3.63) is 0 Å². The van der Waals surface area contributed by atoms with Crippen LogP contribution in [0.2, 0.25) is 0 Å². The smallest absolute Gasteiger partial charge is 0.329 e. The second-order valence-corrected chi connectivity index (χ2v) is 2.64. The van der Waals surface area contributed by atoms with Crippen molar-refractivity contribution >= 4 is 11.9 Å². The summed E-state index contributed by atoms with van der Waals surface area (Å²) >= 11 is 0. The molecule has 0 spiro atoms. The highest BCUT2D eigenvalue weighted by Crippen LogP contribution is 1.95. The maximum atomic E-state index is 11.3. The monoisotopic (exact) mass is 197 g/mol. The van der Waals surface area contributed by atoms with Gasteiger partial charge in [0.05, 0.1) is 6.61 Å². The van der Waals surface area contributed by atoms with E-state index >= 15 is 0 Å². The van der Waals surface area contributed by atoms with Gasteiger partial charge in [0.15, 0.2) is 0 Å². The fourth-order valence-corrected chi connectivity index (χ4v) is 0.886. The van der Waals surface area contributed by atoms with Gasteiger partial charge in [-0.15, -0.1) is 11.8 Å². The normalized spacial score (nSPS) is 10.8. The van der Waals surface area contributed by atoms with Crippen LogP contribution in [0.1, 0.15) is 27.2 Å². The van der Waals surface area contributed by atoms with Crippen LogP contribution >= 0.6 is 0 Å². The van der Waals surface area contributed by atoms with Crippen LogP contribution in [0.25, 0.3) is 0 Å². The number of hydrogen-bond donors (Lipinski definition) is 1. The minimum atomic E-state index is -0.653. The van der Waals surface area contributed by atoms with Crippen LogP contribution in [-0.2, 0) is 14.3 Å². The molecule has 0 fully saturated rings. The summed E-state index contributed by atoms with van der Waals surface area (Å²) in [5.74, 6) is 4.68. The molecule has 0 aliphatic carbocycles. The molecule has 0 aromatic heterocycles. The van der Waals surface area contributed by atoms with Crippen molar-refractivity contribution < 1.29 is 14.3 Å². The fourth-order valence-electron chi connectivity index (χ4n) is 0.886. The van der Waals surface area contributed by atoms with Gasteiger partial charge < -0.3 is 10.1 Å². The van der Waals surface area contributed by atoms with E-state index in [9.17, 15) is 9.59 Å². The van der Waals surface area contributed by atoms with Gasteiger partial charge in [-0.2, -0.15) is 0 Å². The Hall–Kier alpha value is -1.50. The average Bonchev–Trinajstić information content (AvgIpc) is 2.12.